The van der Waals surface area contributed by atoms with Gasteiger partial charge in [-0.25, -0.2) is 15.0 Å². The van der Waals surface area contributed by atoms with Crippen molar-refractivity contribution >= 4 is 28.9 Å². The van der Waals surface area contributed by atoms with Gasteiger partial charge in [0.2, 0.25) is 0 Å². The molecule has 2 heterocycles. The second-order valence-electron chi connectivity index (χ2n) is 5.35. The van der Waals surface area contributed by atoms with Crippen molar-refractivity contribution in [2.75, 3.05) is 0 Å². The Morgan fingerprint density at radius 1 is 0.958 bits per heavy atom. The summed E-state index contributed by atoms with van der Waals surface area (Å²) in [6.45, 7) is 0. The summed E-state index contributed by atoms with van der Waals surface area (Å²) < 4.78 is 0. The molecule has 0 fully saturated rings. The fourth-order valence-electron chi connectivity index (χ4n) is 2.80. The largest absolute Gasteiger partial charge is 0.368 e. The first-order valence-electron chi connectivity index (χ1n) is 7.26. The molecule has 4 rings (SSSR count). The molecule has 2 aromatic carbocycles. The lowest BCUT2D eigenvalue weighted by Crippen LogP contribution is -2.06. The Hall–Kier alpha value is -2.27. The first-order valence-corrected chi connectivity index (χ1v) is 8.01. The molecular formula is C18H11Cl2N3O. The van der Waals surface area contributed by atoms with Crippen molar-refractivity contribution in [3.63, 3.8) is 0 Å². The molecule has 1 aliphatic heterocycles. The smallest absolute Gasteiger partial charge is 0.175 e. The molecule has 1 N–H and O–H groups in total. The summed E-state index contributed by atoms with van der Waals surface area (Å²) in [7, 11) is 0. The Morgan fingerprint density at radius 3 is 2.62 bits per heavy atom. The van der Waals surface area contributed by atoms with Gasteiger partial charge in [0, 0.05) is 38.5 Å². The number of nitrogens with zero attached hydrogens (tertiary/aromatic N) is 3. The predicted molar refractivity (Wildman–Crippen MR) is 94.5 cm³/mol. The first-order chi connectivity index (χ1) is 11.6. The van der Waals surface area contributed by atoms with E-state index < -0.39 is 6.23 Å². The van der Waals surface area contributed by atoms with E-state index in [0.717, 1.165) is 16.7 Å². The molecule has 1 aliphatic rings. The lowest BCUT2D eigenvalue weighted by molar-refractivity contribution is 0.189. The summed E-state index contributed by atoms with van der Waals surface area (Å²) in [4.78, 5) is 12.8. The third kappa shape index (κ3) is 2.49. The first kappa shape index (κ1) is 15.3. The number of benzene rings is 2. The van der Waals surface area contributed by atoms with Crippen LogP contribution in [0.3, 0.4) is 0 Å². The van der Waals surface area contributed by atoms with Gasteiger partial charge in [0.15, 0.2) is 6.23 Å². The van der Waals surface area contributed by atoms with Gasteiger partial charge in [0.05, 0.1) is 11.4 Å². The number of hydrogen-bond donors (Lipinski definition) is 1. The Balaban J connectivity index is 2.07. The quantitative estimate of drug-likeness (QED) is 0.708. The van der Waals surface area contributed by atoms with Crippen LogP contribution in [0.4, 0.5) is 0 Å². The van der Waals surface area contributed by atoms with Crippen molar-refractivity contribution < 1.29 is 5.11 Å². The fourth-order valence-corrected chi connectivity index (χ4v) is 3.20. The molecule has 0 aliphatic carbocycles. The maximum Gasteiger partial charge on any atom is 0.175 e. The lowest BCUT2D eigenvalue weighted by Gasteiger charge is -2.12. The number of aliphatic hydroxyl groups excluding tert-OH is 1. The molecule has 3 aromatic rings. The predicted octanol–water partition coefficient (Wildman–Crippen LogP) is 4.29. The van der Waals surface area contributed by atoms with Gasteiger partial charge in [-0.3, -0.25) is 0 Å². The van der Waals surface area contributed by atoms with Gasteiger partial charge in [-0.15, -0.1) is 0 Å². The topological polar surface area (TPSA) is 58.4 Å². The van der Waals surface area contributed by atoms with Crippen LogP contribution in [0.25, 0.3) is 11.3 Å². The number of aromatic nitrogens is 2. The second-order valence-corrected chi connectivity index (χ2v) is 6.19. The number of fused-ring (bicyclic) bond motifs is 3. The molecule has 118 valence electrons. The van der Waals surface area contributed by atoms with Crippen molar-refractivity contribution in [2.24, 2.45) is 4.99 Å². The normalized spacial score (nSPS) is 16.0. The van der Waals surface area contributed by atoms with Crippen LogP contribution in [-0.4, -0.2) is 20.8 Å². The van der Waals surface area contributed by atoms with E-state index in [2.05, 4.69) is 15.0 Å². The van der Waals surface area contributed by atoms with Gasteiger partial charge >= 0.3 is 0 Å². The molecule has 0 saturated heterocycles. The van der Waals surface area contributed by atoms with Gasteiger partial charge in [-0.1, -0.05) is 47.5 Å². The van der Waals surface area contributed by atoms with Gasteiger partial charge in [0.1, 0.15) is 6.33 Å². The zero-order valence-electron chi connectivity index (χ0n) is 12.3. The average Bonchev–Trinajstić information content (AvgIpc) is 2.71. The van der Waals surface area contributed by atoms with Gasteiger partial charge < -0.3 is 5.11 Å². The maximum absolute atomic E-state index is 10.6. The molecule has 0 saturated carbocycles. The van der Waals surface area contributed by atoms with Gasteiger partial charge in [-0.05, 0) is 18.2 Å². The Labute approximate surface area is 148 Å². The average molecular weight is 356 g/mol. The highest BCUT2D eigenvalue weighted by molar-refractivity contribution is 6.36. The van der Waals surface area contributed by atoms with E-state index in [1.807, 2.05) is 30.3 Å². The molecule has 4 nitrogen and oxygen atoms in total. The van der Waals surface area contributed by atoms with Crippen molar-refractivity contribution in [3.8, 4) is 11.3 Å². The van der Waals surface area contributed by atoms with E-state index in [9.17, 15) is 5.11 Å². The molecule has 0 spiro atoms. The van der Waals surface area contributed by atoms with Crippen molar-refractivity contribution in [3.05, 3.63) is 81.7 Å². The molecule has 0 amide bonds. The number of aliphatic imine (C=N–C) groups is 1. The lowest BCUT2D eigenvalue weighted by atomic mass is 9.95. The van der Waals surface area contributed by atoms with Crippen LogP contribution in [0, 0.1) is 0 Å². The van der Waals surface area contributed by atoms with Crippen molar-refractivity contribution in [2.45, 2.75) is 6.23 Å². The molecule has 6 heteroatoms. The van der Waals surface area contributed by atoms with Gasteiger partial charge in [-0.2, -0.15) is 0 Å². The highest BCUT2D eigenvalue weighted by atomic mass is 35.5. The number of halogens is 2. The van der Waals surface area contributed by atoms with E-state index in [1.165, 1.54) is 6.33 Å². The molecule has 0 bridgehead atoms. The van der Waals surface area contributed by atoms with Crippen LogP contribution in [-0.2, 0) is 0 Å². The highest BCUT2D eigenvalue weighted by Gasteiger charge is 2.25. The molecule has 1 atom stereocenters. The van der Waals surface area contributed by atoms with E-state index in [-0.39, 0.29) is 0 Å². The van der Waals surface area contributed by atoms with Gasteiger partial charge in [0.25, 0.3) is 0 Å². The maximum atomic E-state index is 10.6. The summed E-state index contributed by atoms with van der Waals surface area (Å²) in [5.74, 6) is 0. The Bertz CT molecular complexity index is 972. The summed E-state index contributed by atoms with van der Waals surface area (Å²) in [5.41, 5.74) is 4.07. The monoisotopic (exact) mass is 355 g/mol. The van der Waals surface area contributed by atoms with Crippen LogP contribution in [0.5, 0.6) is 0 Å². The second kappa shape index (κ2) is 5.98. The molecular weight excluding hydrogens is 345 g/mol. The Morgan fingerprint density at radius 2 is 1.79 bits per heavy atom. The zero-order chi connectivity index (χ0) is 16.7. The van der Waals surface area contributed by atoms with Crippen LogP contribution < -0.4 is 0 Å². The number of aliphatic hydroxyl groups is 1. The number of hydrogen-bond acceptors (Lipinski definition) is 4. The molecule has 1 aromatic heterocycles. The van der Waals surface area contributed by atoms with E-state index >= 15 is 0 Å². The van der Waals surface area contributed by atoms with Crippen LogP contribution in [0.15, 0.2) is 60.0 Å². The standard InChI is InChI=1S/C18H11Cl2N3O/c19-10-5-6-11-13(7-10)17(12-3-1-2-4-15(12)20)23-18(24)14-8-21-9-22-16(11)14/h1-9,18,24H. The fraction of sp³-hybridized carbons (Fsp3) is 0.0556. The molecule has 0 radical (unpaired) electrons. The van der Waals surface area contributed by atoms with Crippen LogP contribution in [0.1, 0.15) is 22.9 Å². The highest BCUT2D eigenvalue weighted by Crippen LogP contribution is 2.36. The van der Waals surface area contributed by atoms with E-state index in [1.54, 1.807) is 18.3 Å². The van der Waals surface area contributed by atoms with Crippen LogP contribution in [0.2, 0.25) is 10.0 Å². The van der Waals surface area contributed by atoms with Crippen molar-refractivity contribution in [1.29, 1.82) is 0 Å². The molecule has 24 heavy (non-hydrogen) atoms. The van der Waals surface area contributed by atoms with E-state index in [0.29, 0.717) is 27.0 Å². The summed E-state index contributed by atoms with van der Waals surface area (Å²) >= 11 is 12.6. The Kier molecular flexibility index (Phi) is 3.81. The third-order valence-corrected chi connectivity index (χ3v) is 4.46. The minimum absolute atomic E-state index is 0.545. The SMILES string of the molecule is OC1N=C(c2ccccc2Cl)c2cc(Cl)ccc2-c2ncncc21. The molecule has 1 unspecified atom stereocenters. The minimum Gasteiger partial charge on any atom is -0.368 e. The summed E-state index contributed by atoms with van der Waals surface area (Å²) in [6, 6.07) is 12.8. The minimum atomic E-state index is -1.08. The third-order valence-electron chi connectivity index (χ3n) is 3.89. The van der Waals surface area contributed by atoms with E-state index in [4.69, 9.17) is 23.2 Å². The summed E-state index contributed by atoms with van der Waals surface area (Å²) in [6.07, 6.45) is 1.94. The van der Waals surface area contributed by atoms with Crippen LogP contribution >= 0.6 is 23.2 Å². The van der Waals surface area contributed by atoms with Crippen molar-refractivity contribution in [1.82, 2.24) is 9.97 Å². The number of rotatable bonds is 1. The zero-order valence-corrected chi connectivity index (χ0v) is 13.8. The summed E-state index contributed by atoms with van der Waals surface area (Å²) in [5, 5.41) is 11.7.